The van der Waals surface area contributed by atoms with Crippen LogP contribution in [0.1, 0.15) is 22.7 Å². The fraction of sp³-hybridized carbons (Fsp3) is 0.143. The van der Waals surface area contributed by atoms with Crippen LogP contribution in [0.5, 0.6) is 11.5 Å². The zero-order valence-corrected chi connectivity index (χ0v) is 18.8. The molecule has 1 N–H and O–H groups in total. The molecule has 0 radical (unpaired) electrons. The molecule has 0 bridgehead atoms. The number of Topliss-reactive ketones (excluding diaryl/α,β-unsaturated/α-hetero) is 1. The summed E-state index contributed by atoms with van der Waals surface area (Å²) in [4.78, 5) is 27.8. The van der Waals surface area contributed by atoms with Crippen LogP contribution in [0.3, 0.4) is 0 Å². The summed E-state index contributed by atoms with van der Waals surface area (Å²) in [5.41, 5.74) is 2.04. The highest BCUT2D eigenvalue weighted by atomic mass is 16.5. The Morgan fingerprint density at radius 2 is 1.62 bits per heavy atom. The number of carbonyl (C=O) groups excluding carboxylic acids is 2. The molecular formula is C28H25NO5. The van der Waals surface area contributed by atoms with Gasteiger partial charge in [-0.25, -0.2) is 0 Å². The molecule has 1 saturated heterocycles. The molecule has 0 spiro atoms. The molecule has 1 aliphatic rings. The lowest BCUT2D eigenvalue weighted by Gasteiger charge is -2.25. The predicted octanol–water partition coefficient (Wildman–Crippen LogP) is 4.88. The number of rotatable bonds is 8. The molecule has 1 aliphatic heterocycles. The molecule has 172 valence electrons. The normalized spacial score (nSPS) is 17.0. The van der Waals surface area contributed by atoms with Gasteiger partial charge in [0.1, 0.15) is 23.9 Å². The van der Waals surface area contributed by atoms with Gasteiger partial charge in [0.15, 0.2) is 0 Å². The van der Waals surface area contributed by atoms with Crippen molar-refractivity contribution < 1.29 is 24.2 Å². The van der Waals surface area contributed by atoms with Crippen molar-refractivity contribution in [2.45, 2.75) is 12.6 Å². The molecule has 1 unspecified atom stereocenters. The van der Waals surface area contributed by atoms with Crippen molar-refractivity contribution in [2.75, 3.05) is 13.7 Å². The molecule has 6 heteroatoms. The largest absolute Gasteiger partial charge is 0.507 e. The van der Waals surface area contributed by atoms with Gasteiger partial charge in [0, 0.05) is 12.1 Å². The van der Waals surface area contributed by atoms with E-state index in [1.165, 1.54) is 4.90 Å². The Kier molecular flexibility index (Phi) is 6.78. The van der Waals surface area contributed by atoms with Crippen LogP contribution in [0.2, 0.25) is 0 Å². The molecule has 1 atom stereocenters. The quantitative estimate of drug-likeness (QED) is 0.227. The Balaban J connectivity index is 1.80. The molecule has 0 aromatic heterocycles. The predicted molar refractivity (Wildman–Crippen MR) is 129 cm³/mol. The van der Waals surface area contributed by atoms with Gasteiger partial charge in [-0.15, -0.1) is 0 Å². The summed E-state index contributed by atoms with van der Waals surface area (Å²) in [6, 6.07) is 22.5. The van der Waals surface area contributed by atoms with Gasteiger partial charge in [-0.3, -0.25) is 9.59 Å². The van der Waals surface area contributed by atoms with E-state index < -0.39 is 17.7 Å². The first-order chi connectivity index (χ1) is 16.5. The monoisotopic (exact) mass is 455 g/mol. The molecular weight excluding hydrogens is 430 g/mol. The number of likely N-dealkylation sites (tertiary alicyclic amines) is 1. The molecule has 4 rings (SSSR count). The van der Waals surface area contributed by atoms with Gasteiger partial charge < -0.3 is 19.5 Å². The van der Waals surface area contributed by atoms with Crippen molar-refractivity contribution in [3.8, 4) is 11.5 Å². The lowest BCUT2D eigenvalue weighted by molar-refractivity contribution is -0.140. The first-order valence-electron chi connectivity index (χ1n) is 10.8. The van der Waals surface area contributed by atoms with Crippen molar-refractivity contribution in [3.05, 3.63) is 114 Å². The molecule has 1 heterocycles. The van der Waals surface area contributed by atoms with Crippen LogP contribution in [0, 0.1) is 0 Å². The Labute approximate surface area is 198 Å². The number of aliphatic hydroxyl groups is 1. The summed E-state index contributed by atoms with van der Waals surface area (Å²) in [5, 5.41) is 11.2. The Bertz CT molecular complexity index is 1210. The average Bonchev–Trinajstić information content (AvgIpc) is 3.13. The van der Waals surface area contributed by atoms with E-state index in [-0.39, 0.29) is 17.9 Å². The van der Waals surface area contributed by atoms with Gasteiger partial charge >= 0.3 is 0 Å². The first kappa shape index (κ1) is 22.9. The van der Waals surface area contributed by atoms with E-state index >= 15 is 0 Å². The third-order valence-corrected chi connectivity index (χ3v) is 5.66. The van der Waals surface area contributed by atoms with Crippen LogP contribution in [0.25, 0.3) is 5.76 Å². The third-order valence-electron chi connectivity index (χ3n) is 5.66. The third kappa shape index (κ3) is 4.57. The first-order valence-corrected chi connectivity index (χ1v) is 10.8. The van der Waals surface area contributed by atoms with Crippen molar-refractivity contribution in [3.63, 3.8) is 0 Å². The van der Waals surface area contributed by atoms with Gasteiger partial charge in [0.2, 0.25) is 0 Å². The maximum absolute atomic E-state index is 13.2. The smallest absolute Gasteiger partial charge is 0.295 e. The van der Waals surface area contributed by atoms with Crippen molar-refractivity contribution in [1.29, 1.82) is 0 Å². The number of aliphatic hydroxyl groups excluding tert-OH is 1. The topological polar surface area (TPSA) is 76.1 Å². The van der Waals surface area contributed by atoms with E-state index in [4.69, 9.17) is 9.47 Å². The second-order valence-corrected chi connectivity index (χ2v) is 7.81. The number of hydrogen-bond acceptors (Lipinski definition) is 5. The van der Waals surface area contributed by atoms with Crippen molar-refractivity contribution in [1.82, 2.24) is 4.90 Å². The number of benzene rings is 3. The standard InChI is InChI=1S/C28H25NO5/c1-3-17-34-23-15-9-20(10-16-23)25-24(26(30)21-11-13-22(33-2)14-12-21)27(31)28(32)29(25)18-19-7-5-4-6-8-19/h3-16,25,30H,1,17-18H2,2H3. The average molecular weight is 456 g/mol. The summed E-state index contributed by atoms with van der Waals surface area (Å²) in [6.07, 6.45) is 1.65. The minimum Gasteiger partial charge on any atom is -0.507 e. The van der Waals surface area contributed by atoms with Crippen LogP contribution < -0.4 is 9.47 Å². The molecule has 0 aliphatic carbocycles. The van der Waals surface area contributed by atoms with Gasteiger partial charge in [0.25, 0.3) is 11.7 Å². The maximum Gasteiger partial charge on any atom is 0.295 e. The summed E-state index contributed by atoms with van der Waals surface area (Å²) in [7, 11) is 1.55. The number of carbonyl (C=O) groups is 2. The number of methoxy groups -OCH3 is 1. The van der Waals surface area contributed by atoms with E-state index in [2.05, 4.69) is 6.58 Å². The Morgan fingerprint density at radius 1 is 0.971 bits per heavy atom. The highest BCUT2D eigenvalue weighted by molar-refractivity contribution is 6.46. The molecule has 3 aromatic rings. The number of amides is 1. The zero-order valence-electron chi connectivity index (χ0n) is 18.8. The minimum atomic E-state index is -0.754. The molecule has 1 fully saturated rings. The van der Waals surface area contributed by atoms with Crippen molar-refractivity contribution >= 4 is 17.4 Å². The summed E-state index contributed by atoms with van der Waals surface area (Å²) < 4.78 is 10.7. The molecule has 6 nitrogen and oxygen atoms in total. The number of ketones is 1. The summed E-state index contributed by atoms with van der Waals surface area (Å²) in [6.45, 7) is 4.23. The molecule has 1 amide bonds. The van der Waals surface area contributed by atoms with Crippen LogP contribution in [0.15, 0.2) is 97.1 Å². The summed E-state index contributed by atoms with van der Waals surface area (Å²) in [5.74, 6) is -0.350. The molecule has 3 aromatic carbocycles. The Morgan fingerprint density at radius 3 is 2.24 bits per heavy atom. The highest BCUT2D eigenvalue weighted by Gasteiger charge is 2.46. The zero-order chi connectivity index (χ0) is 24.1. The number of ether oxygens (including phenoxy) is 2. The number of nitrogens with zero attached hydrogens (tertiary/aromatic N) is 1. The van der Waals surface area contributed by atoms with Crippen LogP contribution in [-0.4, -0.2) is 35.4 Å². The van der Waals surface area contributed by atoms with Gasteiger partial charge in [-0.1, -0.05) is 55.1 Å². The SMILES string of the molecule is C=CCOc1ccc(C2C(=C(O)c3ccc(OC)cc3)C(=O)C(=O)N2Cc2ccccc2)cc1. The molecule has 0 saturated carbocycles. The van der Waals surface area contributed by atoms with E-state index in [0.29, 0.717) is 29.2 Å². The Hall–Kier alpha value is -4.32. The maximum atomic E-state index is 13.2. The van der Waals surface area contributed by atoms with Gasteiger partial charge in [-0.2, -0.15) is 0 Å². The van der Waals surface area contributed by atoms with E-state index in [1.807, 2.05) is 30.3 Å². The lowest BCUT2D eigenvalue weighted by Crippen LogP contribution is -2.29. The van der Waals surface area contributed by atoms with Crippen LogP contribution in [0.4, 0.5) is 0 Å². The molecule has 34 heavy (non-hydrogen) atoms. The highest BCUT2D eigenvalue weighted by Crippen LogP contribution is 2.40. The second-order valence-electron chi connectivity index (χ2n) is 7.81. The van der Waals surface area contributed by atoms with E-state index in [9.17, 15) is 14.7 Å². The fourth-order valence-electron chi connectivity index (χ4n) is 3.98. The van der Waals surface area contributed by atoms with Crippen LogP contribution >= 0.6 is 0 Å². The second kappa shape index (κ2) is 10.1. The minimum absolute atomic E-state index is 0.0471. The number of hydrogen-bond donors (Lipinski definition) is 1. The van der Waals surface area contributed by atoms with E-state index in [1.54, 1.807) is 61.7 Å². The lowest BCUT2D eigenvalue weighted by atomic mass is 9.95. The fourth-order valence-corrected chi connectivity index (χ4v) is 3.98. The van der Waals surface area contributed by atoms with E-state index in [0.717, 1.165) is 5.56 Å². The van der Waals surface area contributed by atoms with Crippen LogP contribution in [-0.2, 0) is 16.1 Å². The van der Waals surface area contributed by atoms with Crippen molar-refractivity contribution in [2.24, 2.45) is 0 Å². The summed E-state index contributed by atoms with van der Waals surface area (Å²) >= 11 is 0. The van der Waals surface area contributed by atoms with Gasteiger partial charge in [-0.05, 0) is 47.5 Å². The van der Waals surface area contributed by atoms with Gasteiger partial charge in [0.05, 0.1) is 18.7 Å².